The van der Waals surface area contributed by atoms with Crippen LogP contribution in [-0.2, 0) is 6.54 Å². The number of rotatable bonds is 3. The molecule has 96 valence electrons. The Bertz CT molecular complexity index is 708. The van der Waals surface area contributed by atoms with Gasteiger partial charge in [0.2, 0.25) is 0 Å². The maximum absolute atomic E-state index is 12.9. The van der Waals surface area contributed by atoms with Crippen LogP contribution in [0.2, 0.25) is 0 Å². The van der Waals surface area contributed by atoms with Gasteiger partial charge in [0.05, 0.1) is 18.3 Å². The van der Waals surface area contributed by atoms with Crippen molar-refractivity contribution in [2.75, 3.05) is 0 Å². The number of alkyl halides is 2. The molecular formula is C13H10F2N4. The third kappa shape index (κ3) is 2.16. The Morgan fingerprint density at radius 3 is 2.84 bits per heavy atom. The van der Waals surface area contributed by atoms with Crippen molar-refractivity contribution in [3.63, 3.8) is 0 Å². The SMILES string of the molecule is FC(F)c1ccccc1Cn1nnc2cnccc21. The van der Waals surface area contributed by atoms with Gasteiger partial charge in [-0.1, -0.05) is 29.5 Å². The number of benzene rings is 1. The van der Waals surface area contributed by atoms with E-state index in [9.17, 15) is 8.78 Å². The van der Waals surface area contributed by atoms with Gasteiger partial charge in [0.15, 0.2) is 0 Å². The second-order valence-corrected chi connectivity index (χ2v) is 4.11. The van der Waals surface area contributed by atoms with Gasteiger partial charge in [-0.2, -0.15) is 0 Å². The molecule has 0 bridgehead atoms. The number of aromatic nitrogens is 4. The Morgan fingerprint density at radius 1 is 1.16 bits per heavy atom. The van der Waals surface area contributed by atoms with E-state index in [4.69, 9.17) is 0 Å². The molecule has 4 nitrogen and oxygen atoms in total. The average Bonchev–Trinajstić information content (AvgIpc) is 2.83. The Hall–Kier alpha value is -2.37. The molecule has 2 aromatic heterocycles. The van der Waals surface area contributed by atoms with Crippen molar-refractivity contribution in [3.05, 3.63) is 53.9 Å². The van der Waals surface area contributed by atoms with Crippen LogP contribution < -0.4 is 0 Å². The Morgan fingerprint density at radius 2 is 2.00 bits per heavy atom. The van der Waals surface area contributed by atoms with Crippen molar-refractivity contribution in [3.8, 4) is 0 Å². The van der Waals surface area contributed by atoms with E-state index in [-0.39, 0.29) is 12.1 Å². The van der Waals surface area contributed by atoms with E-state index in [0.717, 1.165) is 5.52 Å². The molecule has 0 aliphatic rings. The van der Waals surface area contributed by atoms with E-state index >= 15 is 0 Å². The van der Waals surface area contributed by atoms with Crippen molar-refractivity contribution in [1.82, 2.24) is 20.0 Å². The minimum Gasteiger partial charge on any atom is -0.262 e. The molecule has 0 N–H and O–H groups in total. The minimum absolute atomic E-state index is 0.0280. The summed E-state index contributed by atoms with van der Waals surface area (Å²) in [6.45, 7) is 0.265. The van der Waals surface area contributed by atoms with E-state index in [1.807, 2.05) is 0 Å². The molecule has 0 fully saturated rings. The minimum atomic E-state index is -2.49. The first-order chi connectivity index (χ1) is 9.25. The first-order valence-corrected chi connectivity index (χ1v) is 5.75. The molecule has 0 aliphatic heterocycles. The van der Waals surface area contributed by atoms with E-state index in [0.29, 0.717) is 11.1 Å². The Kier molecular flexibility index (Phi) is 2.91. The third-order valence-corrected chi connectivity index (χ3v) is 2.93. The monoisotopic (exact) mass is 260 g/mol. The summed E-state index contributed by atoms with van der Waals surface area (Å²) in [7, 11) is 0. The first-order valence-electron chi connectivity index (χ1n) is 5.75. The average molecular weight is 260 g/mol. The molecule has 0 radical (unpaired) electrons. The molecule has 3 aromatic rings. The fourth-order valence-electron chi connectivity index (χ4n) is 1.99. The zero-order valence-electron chi connectivity index (χ0n) is 9.87. The molecule has 0 aliphatic carbocycles. The number of halogens is 2. The van der Waals surface area contributed by atoms with E-state index in [1.54, 1.807) is 41.3 Å². The van der Waals surface area contributed by atoms with E-state index in [2.05, 4.69) is 15.3 Å². The standard InChI is InChI=1S/C13H10F2N4/c14-13(15)10-4-2-1-3-9(10)8-19-12-5-6-16-7-11(12)17-18-19/h1-7,13H,8H2. The lowest BCUT2D eigenvalue weighted by Gasteiger charge is -2.08. The molecule has 0 atom stereocenters. The normalized spacial score (nSPS) is 11.3. The van der Waals surface area contributed by atoms with Crippen LogP contribution in [0.3, 0.4) is 0 Å². The summed E-state index contributed by atoms with van der Waals surface area (Å²) in [5.41, 5.74) is 2.00. The zero-order chi connectivity index (χ0) is 13.2. The number of fused-ring (bicyclic) bond motifs is 1. The van der Waals surface area contributed by atoms with E-state index in [1.165, 1.54) is 6.07 Å². The maximum Gasteiger partial charge on any atom is 0.264 e. The van der Waals surface area contributed by atoms with Crippen LogP contribution in [0.5, 0.6) is 0 Å². The summed E-state index contributed by atoms with van der Waals surface area (Å²) in [6.07, 6.45) is 0.728. The lowest BCUT2D eigenvalue weighted by molar-refractivity contribution is 0.150. The van der Waals surface area contributed by atoms with Gasteiger partial charge < -0.3 is 0 Å². The smallest absolute Gasteiger partial charge is 0.262 e. The molecule has 6 heteroatoms. The summed E-state index contributed by atoms with van der Waals surface area (Å²) < 4.78 is 27.4. The molecule has 1 aromatic carbocycles. The molecule has 0 amide bonds. The molecule has 2 heterocycles. The summed E-state index contributed by atoms with van der Waals surface area (Å²) in [5, 5.41) is 7.93. The van der Waals surface area contributed by atoms with Crippen LogP contribution in [0.25, 0.3) is 11.0 Å². The zero-order valence-corrected chi connectivity index (χ0v) is 9.87. The summed E-state index contributed by atoms with van der Waals surface area (Å²) in [5.74, 6) is 0. The van der Waals surface area contributed by atoms with Gasteiger partial charge in [-0.15, -0.1) is 5.10 Å². The van der Waals surface area contributed by atoms with Crippen molar-refractivity contribution in [2.45, 2.75) is 13.0 Å². The van der Waals surface area contributed by atoms with Gasteiger partial charge >= 0.3 is 0 Å². The van der Waals surface area contributed by atoms with Gasteiger partial charge in [-0.25, -0.2) is 13.5 Å². The lowest BCUT2D eigenvalue weighted by Crippen LogP contribution is -2.05. The first kappa shape index (κ1) is 11.7. The molecule has 0 spiro atoms. The second kappa shape index (κ2) is 4.72. The number of pyridine rings is 1. The summed E-state index contributed by atoms with van der Waals surface area (Å²) >= 11 is 0. The molecule has 0 saturated heterocycles. The maximum atomic E-state index is 12.9. The van der Waals surface area contributed by atoms with Gasteiger partial charge in [0, 0.05) is 11.8 Å². The number of nitrogens with zero attached hydrogens (tertiary/aromatic N) is 4. The topological polar surface area (TPSA) is 43.6 Å². The van der Waals surface area contributed by atoms with Crippen molar-refractivity contribution in [2.24, 2.45) is 0 Å². The summed E-state index contributed by atoms with van der Waals surface area (Å²) in [6, 6.07) is 8.22. The third-order valence-electron chi connectivity index (χ3n) is 2.93. The molecular weight excluding hydrogens is 250 g/mol. The molecule has 19 heavy (non-hydrogen) atoms. The van der Waals surface area contributed by atoms with Gasteiger partial charge in [0.1, 0.15) is 5.52 Å². The number of hydrogen-bond donors (Lipinski definition) is 0. The van der Waals surface area contributed by atoms with E-state index < -0.39 is 6.43 Å². The van der Waals surface area contributed by atoms with Crippen LogP contribution in [0, 0.1) is 0 Å². The van der Waals surface area contributed by atoms with Crippen molar-refractivity contribution >= 4 is 11.0 Å². The molecule has 0 saturated carbocycles. The van der Waals surface area contributed by atoms with Crippen LogP contribution in [0.15, 0.2) is 42.7 Å². The highest BCUT2D eigenvalue weighted by Gasteiger charge is 2.13. The lowest BCUT2D eigenvalue weighted by atomic mass is 10.1. The highest BCUT2D eigenvalue weighted by molar-refractivity contribution is 5.72. The Balaban J connectivity index is 2.02. The fourth-order valence-corrected chi connectivity index (χ4v) is 1.99. The second-order valence-electron chi connectivity index (χ2n) is 4.11. The highest BCUT2D eigenvalue weighted by atomic mass is 19.3. The van der Waals surface area contributed by atoms with Gasteiger partial charge in [0.25, 0.3) is 6.43 Å². The van der Waals surface area contributed by atoms with Crippen LogP contribution in [-0.4, -0.2) is 20.0 Å². The Labute approximate surface area is 107 Å². The van der Waals surface area contributed by atoms with Crippen molar-refractivity contribution in [1.29, 1.82) is 0 Å². The number of hydrogen-bond acceptors (Lipinski definition) is 3. The molecule has 3 rings (SSSR count). The predicted molar refractivity (Wildman–Crippen MR) is 65.8 cm³/mol. The van der Waals surface area contributed by atoms with Crippen LogP contribution in [0.1, 0.15) is 17.6 Å². The quantitative estimate of drug-likeness (QED) is 0.727. The largest absolute Gasteiger partial charge is 0.264 e. The van der Waals surface area contributed by atoms with Crippen LogP contribution >= 0.6 is 0 Å². The van der Waals surface area contributed by atoms with Gasteiger partial charge in [-0.05, 0) is 11.6 Å². The summed E-state index contributed by atoms with van der Waals surface area (Å²) in [4.78, 5) is 3.94. The predicted octanol–water partition coefficient (Wildman–Crippen LogP) is 2.81. The molecule has 0 unspecified atom stereocenters. The van der Waals surface area contributed by atoms with Crippen molar-refractivity contribution < 1.29 is 8.78 Å². The fraction of sp³-hybridized carbons (Fsp3) is 0.154. The van der Waals surface area contributed by atoms with Gasteiger partial charge in [-0.3, -0.25) is 4.98 Å². The van der Waals surface area contributed by atoms with Crippen LogP contribution in [0.4, 0.5) is 8.78 Å². The highest BCUT2D eigenvalue weighted by Crippen LogP contribution is 2.23.